The molecule has 1 aromatic rings. The third-order valence-corrected chi connectivity index (χ3v) is 10.4. The first-order valence-corrected chi connectivity index (χ1v) is 13.7. The number of thiocarbonyl (C=S) groups is 1. The average molecular weight is 315 g/mol. The summed E-state index contributed by atoms with van der Waals surface area (Å²) in [5.41, 5.74) is 0.841. The molecule has 0 radical (unpaired) electrons. The molecule has 1 aromatic carbocycles. The van der Waals surface area contributed by atoms with Crippen molar-refractivity contribution < 1.29 is 4.39 Å². The highest BCUT2D eigenvalue weighted by atomic mass is 32.1. The monoisotopic (exact) mass is 314 g/mol. The summed E-state index contributed by atoms with van der Waals surface area (Å²) in [5, 5.41) is 4.01. The summed E-state index contributed by atoms with van der Waals surface area (Å²) in [7, 11) is -3.07. The summed E-state index contributed by atoms with van der Waals surface area (Å²) in [6.07, 6.45) is 0. The van der Waals surface area contributed by atoms with E-state index in [9.17, 15) is 4.39 Å². The summed E-state index contributed by atoms with van der Waals surface area (Å²) in [5.74, 6) is -0.233. The Labute approximate surface area is 123 Å². The molecule has 106 valence electrons. The molecule has 1 rings (SSSR count). The number of rotatable bonds is 3. The highest BCUT2D eigenvalue weighted by molar-refractivity contribution is 7.80. The van der Waals surface area contributed by atoms with E-state index in [0.717, 1.165) is 10.8 Å². The molecule has 0 spiro atoms. The van der Waals surface area contributed by atoms with Crippen LogP contribution in [-0.2, 0) is 0 Å². The smallest absolute Gasteiger partial charge is 0.157 e. The molecule has 0 fully saturated rings. The molecule has 0 amide bonds. The van der Waals surface area contributed by atoms with Gasteiger partial charge in [-0.2, -0.15) is 0 Å². The van der Waals surface area contributed by atoms with Gasteiger partial charge in [-0.05, 0) is 36.5 Å². The van der Waals surface area contributed by atoms with E-state index in [4.69, 9.17) is 12.2 Å². The van der Waals surface area contributed by atoms with Crippen molar-refractivity contribution in [2.45, 2.75) is 39.3 Å². The van der Waals surface area contributed by atoms with Crippen LogP contribution in [0.25, 0.3) is 0 Å². The number of anilines is 1. The van der Waals surface area contributed by atoms with E-state index in [2.05, 4.69) is 48.8 Å². The Bertz CT molecular complexity index is 435. The van der Waals surface area contributed by atoms with Crippen molar-refractivity contribution in [3.8, 4) is 0 Å². The van der Waals surface area contributed by atoms with Crippen LogP contribution < -0.4 is 5.32 Å². The fourth-order valence-electron chi connectivity index (χ4n) is 2.33. The van der Waals surface area contributed by atoms with Gasteiger partial charge in [0.05, 0.1) is 0 Å². The molecular weight excluding hydrogens is 291 g/mol. The summed E-state index contributed by atoms with van der Waals surface area (Å²) in [6, 6.07) is 6.32. The third-order valence-electron chi connectivity index (χ3n) is 2.64. The Hall–Kier alpha value is -0.726. The molecule has 0 saturated carbocycles. The van der Waals surface area contributed by atoms with Gasteiger partial charge in [-0.3, -0.25) is 0 Å². The highest BCUT2D eigenvalue weighted by Crippen LogP contribution is 2.21. The number of benzene rings is 1. The van der Waals surface area contributed by atoms with Crippen LogP contribution >= 0.6 is 12.2 Å². The fraction of sp³-hybridized carbons (Fsp3) is 0.462. The summed E-state index contributed by atoms with van der Waals surface area (Å²) >= 11 is 5.58. The lowest BCUT2D eigenvalue weighted by atomic mass is 10.3. The zero-order chi connectivity index (χ0) is 14.8. The maximum absolute atomic E-state index is 12.9. The molecule has 19 heavy (non-hydrogen) atoms. The number of halogens is 1. The van der Waals surface area contributed by atoms with Crippen LogP contribution in [0.5, 0.6) is 0 Å². The minimum absolute atomic E-state index is 0.233. The van der Waals surface area contributed by atoms with E-state index in [-0.39, 0.29) is 5.82 Å². The second kappa shape index (κ2) is 5.72. The van der Waals surface area contributed by atoms with Crippen LogP contribution in [0.2, 0.25) is 39.3 Å². The van der Waals surface area contributed by atoms with Gasteiger partial charge in [0, 0.05) is 5.69 Å². The minimum atomic E-state index is -1.53. The highest BCUT2D eigenvalue weighted by Gasteiger charge is 2.36. The molecule has 0 aromatic heterocycles. The molecule has 0 heterocycles. The van der Waals surface area contributed by atoms with E-state index in [0.29, 0.717) is 0 Å². The Morgan fingerprint density at radius 2 is 1.42 bits per heavy atom. The van der Waals surface area contributed by atoms with Gasteiger partial charge in [0.1, 0.15) is 22.3 Å². The van der Waals surface area contributed by atoms with Crippen LogP contribution in [-0.4, -0.2) is 25.8 Å². The van der Waals surface area contributed by atoms with Crippen molar-refractivity contribution in [1.82, 2.24) is 4.23 Å². The molecule has 0 saturated heterocycles. The van der Waals surface area contributed by atoms with Crippen molar-refractivity contribution in [1.29, 1.82) is 0 Å². The Kier molecular flexibility index (Phi) is 4.92. The van der Waals surface area contributed by atoms with Gasteiger partial charge in [-0.15, -0.1) is 0 Å². The van der Waals surface area contributed by atoms with Crippen molar-refractivity contribution in [3.63, 3.8) is 0 Å². The molecule has 0 aliphatic rings. The maximum atomic E-state index is 12.9. The average Bonchev–Trinajstić information content (AvgIpc) is 2.16. The second-order valence-electron chi connectivity index (χ2n) is 6.61. The molecule has 2 nitrogen and oxygen atoms in total. The molecule has 0 atom stereocenters. The van der Waals surface area contributed by atoms with Crippen LogP contribution in [0.3, 0.4) is 0 Å². The SMILES string of the molecule is C[Si](C)(C)N(C(=S)Nc1ccc(F)cc1)[Si](C)(C)C. The predicted octanol–water partition coefficient (Wildman–Crippen LogP) is 4.49. The molecule has 0 aliphatic carbocycles. The van der Waals surface area contributed by atoms with Crippen molar-refractivity contribution >= 4 is 39.5 Å². The van der Waals surface area contributed by atoms with Gasteiger partial charge in [0.25, 0.3) is 0 Å². The quantitative estimate of drug-likeness (QED) is 0.653. The number of hydrogen-bond acceptors (Lipinski definition) is 1. The Morgan fingerprint density at radius 1 is 1.00 bits per heavy atom. The molecular formula is C13H23FN2SSi2. The standard InChI is InChI=1S/C13H23FN2SSi2/c1-18(2,3)16(19(4,5)6)13(17)15-12-9-7-11(14)8-10-12/h7-10H,1-6H3,(H,15,17). The van der Waals surface area contributed by atoms with Crippen molar-refractivity contribution in [2.24, 2.45) is 0 Å². The molecule has 6 heteroatoms. The van der Waals surface area contributed by atoms with Crippen LogP contribution in [0.15, 0.2) is 24.3 Å². The van der Waals surface area contributed by atoms with E-state index in [1.54, 1.807) is 12.1 Å². The number of hydrogen-bond donors (Lipinski definition) is 1. The fourth-order valence-corrected chi connectivity index (χ4v) is 13.5. The number of nitrogens with zero attached hydrogens (tertiary/aromatic N) is 1. The van der Waals surface area contributed by atoms with Crippen molar-refractivity contribution in [2.75, 3.05) is 5.32 Å². The number of nitrogens with one attached hydrogen (secondary N) is 1. The van der Waals surface area contributed by atoms with Crippen molar-refractivity contribution in [3.05, 3.63) is 30.1 Å². The largest absolute Gasteiger partial charge is 0.402 e. The first kappa shape index (κ1) is 16.3. The van der Waals surface area contributed by atoms with Gasteiger partial charge < -0.3 is 9.55 Å². The van der Waals surface area contributed by atoms with Gasteiger partial charge in [0.2, 0.25) is 0 Å². The van der Waals surface area contributed by atoms with E-state index in [1.807, 2.05) is 0 Å². The lowest BCUT2D eigenvalue weighted by molar-refractivity contribution is 0.628. The topological polar surface area (TPSA) is 15.3 Å². The van der Waals surface area contributed by atoms with E-state index >= 15 is 0 Å². The molecule has 0 bridgehead atoms. The molecule has 1 N–H and O–H groups in total. The Balaban J connectivity index is 2.93. The first-order valence-electron chi connectivity index (χ1n) is 6.39. The zero-order valence-electron chi connectivity index (χ0n) is 12.5. The lowest BCUT2D eigenvalue weighted by Gasteiger charge is -2.45. The zero-order valence-corrected chi connectivity index (χ0v) is 15.4. The maximum Gasteiger partial charge on any atom is 0.157 e. The molecule has 0 aliphatic heterocycles. The first-order chi connectivity index (χ1) is 8.51. The van der Waals surface area contributed by atoms with Gasteiger partial charge in [-0.1, -0.05) is 39.3 Å². The third kappa shape index (κ3) is 4.70. The van der Waals surface area contributed by atoms with Crippen LogP contribution in [0, 0.1) is 5.82 Å². The second-order valence-corrected chi connectivity index (χ2v) is 17.0. The minimum Gasteiger partial charge on any atom is -0.402 e. The van der Waals surface area contributed by atoms with Gasteiger partial charge in [0.15, 0.2) is 5.11 Å². The molecule has 0 unspecified atom stereocenters. The van der Waals surface area contributed by atoms with E-state index in [1.165, 1.54) is 12.1 Å². The summed E-state index contributed by atoms with van der Waals surface area (Å²) in [4.78, 5) is 0. The predicted molar refractivity (Wildman–Crippen MR) is 91.2 cm³/mol. The Morgan fingerprint density at radius 3 is 1.79 bits per heavy atom. The summed E-state index contributed by atoms with van der Waals surface area (Å²) < 4.78 is 15.3. The van der Waals surface area contributed by atoms with E-state index < -0.39 is 16.5 Å². The summed E-state index contributed by atoms with van der Waals surface area (Å²) in [6.45, 7) is 13.8. The normalized spacial score (nSPS) is 12.2. The van der Waals surface area contributed by atoms with Gasteiger partial charge >= 0.3 is 0 Å². The lowest BCUT2D eigenvalue weighted by Crippen LogP contribution is -2.62. The van der Waals surface area contributed by atoms with Gasteiger partial charge in [-0.25, -0.2) is 4.39 Å². The van der Waals surface area contributed by atoms with Crippen LogP contribution in [0.4, 0.5) is 10.1 Å². The van der Waals surface area contributed by atoms with Crippen LogP contribution in [0.1, 0.15) is 0 Å².